The number of nitrogens with zero attached hydrogens (tertiary/aromatic N) is 1. The number of hydrogen-bond acceptors (Lipinski definition) is 1. The predicted octanol–water partition coefficient (Wildman–Crippen LogP) is 7.35. The van der Waals surface area contributed by atoms with Crippen molar-refractivity contribution < 1.29 is 0 Å². The molecule has 2 aromatic heterocycles. The molecule has 4 aromatic carbocycles. The fraction of sp³-hybridized carbons (Fsp3) is 0.143. The van der Waals surface area contributed by atoms with Crippen LogP contribution in [0.4, 0.5) is 0 Å². The zero-order valence-corrected chi connectivity index (χ0v) is 17.4. The van der Waals surface area contributed by atoms with Crippen LogP contribution in [0.25, 0.3) is 47.7 Å². The second-order valence-electron chi connectivity index (χ2n) is 8.86. The highest BCUT2D eigenvalue weighted by atomic mass is 32.1. The lowest BCUT2D eigenvalue weighted by molar-refractivity contribution is 0.843. The Balaban J connectivity index is 1.63. The maximum absolute atomic E-state index is 2.49. The van der Waals surface area contributed by atoms with Crippen molar-refractivity contribution in [1.82, 2.24) is 4.57 Å². The van der Waals surface area contributed by atoms with Crippen LogP contribution in [0.2, 0.25) is 0 Å². The van der Waals surface area contributed by atoms with Crippen molar-refractivity contribution in [2.24, 2.45) is 0 Å². The van der Waals surface area contributed by atoms with Crippen molar-refractivity contribution in [2.45, 2.75) is 25.7 Å². The van der Waals surface area contributed by atoms with Crippen LogP contribution in [0.1, 0.15) is 22.3 Å². The summed E-state index contributed by atoms with van der Waals surface area (Å²) in [7, 11) is 0. The van der Waals surface area contributed by atoms with Crippen LogP contribution < -0.4 is 0 Å². The van der Waals surface area contributed by atoms with Gasteiger partial charge >= 0.3 is 0 Å². The molecule has 0 N–H and O–H groups in total. The number of aromatic nitrogens is 1. The molecule has 30 heavy (non-hydrogen) atoms. The molecular formula is C28H19NS. The number of rotatable bonds is 1. The standard InChI is InChI=1S/C28H19NS/c1-2-4-20(5-3-1)29-23-10-11-25-28(22-13-17-7-9-19(17)15-26(22)30-25)27(23)21-12-16-6-8-18(16)14-24(21)29/h1-5,10-15H,6-9H2. The van der Waals surface area contributed by atoms with Gasteiger partial charge in [-0.3, -0.25) is 0 Å². The molecular weight excluding hydrogens is 382 g/mol. The predicted molar refractivity (Wildman–Crippen MR) is 128 cm³/mol. The van der Waals surface area contributed by atoms with Crippen molar-refractivity contribution in [3.8, 4) is 5.69 Å². The summed E-state index contributed by atoms with van der Waals surface area (Å²) in [6.45, 7) is 0. The van der Waals surface area contributed by atoms with E-state index in [1.54, 1.807) is 11.1 Å². The number of para-hydroxylation sites is 1. The molecule has 0 fully saturated rings. The van der Waals surface area contributed by atoms with Gasteiger partial charge in [0.1, 0.15) is 0 Å². The maximum atomic E-state index is 2.49. The molecule has 0 spiro atoms. The van der Waals surface area contributed by atoms with Crippen LogP contribution in [-0.2, 0) is 25.7 Å². The highest BCUT2D eigenvalue weighted by molar-refractivity contribution is 7.26. The lowest BCUT2D eigenvalue weighted by Gasteiger charge is -2.19. The fourth-order valence-electron chi connectivity index (χ4n) is 5.61. The lowest BCUT2D eigenvalue weighted by atomic mass is 9.86. The molecule has 0 unspecified atom stereocenters. The van der Waals surface area contributed by atoms with E-state index in [9.17, 15) is 0 Å². The van der Waals surface area contributed by atoms with Gasteiger partial charge < -0.3 is 4.57 Å². The SMILES string of the molecule is c1ccc(-n2c3cc4c(cc3c3c5c(ccc32)sc2cc3c(cc25)CC3)CC4)cc1. The summed E-state index contributed by atoms with van der Waals surface area (Å²) in [5.41, 5.74) is 10.1. The fourth-order valence-corrected chi connectivity index (χ4v) is 6.77. The highest BCUT2D eigenvalue weighted by Gasteiger charge is 2.23. The van der Waals surface area contributed by atoms with Crippen LogP contribution in [0.3, 0.4) is 0 Å². The molecule has 0 aliphatic heterocycles. The largest absolute Gasteiger partial charge is 0.309 e. The Labute approximate surface area is 178 Å². The molecule has 2 aliphatic carbocycles. The van der Waals surface area contributed by atoms with Crippen molar-refractivity contribution in [2.75, 3.05) is 0 Å². The zero-order valence-electron chi connectivity index (χ0n) is 16.5. The van der Waals surface area contributed by atoms with Gasteiger partial charge in [-0.05, 0) is 96.5 Å². The summed E-state index contributed by atoms with van der Waals surface area (Å²) in [4.78, 5) is 0. The number of thiophene rings is 1. The van der Waals surface area contributed by atoms with Crippen LogP contribution in [0, 0.1) is 0 Å². The van der Waals surface area contributed by atoms with Gasteiger partial charge in [-0.2, -0.15) is 0 Å². The first-order valence-electron chi connectivity index (χ1n) is 10.9. The third-order valence-corrected chi connectivity index (χ3v) is 8.46. The summed E-state index contributed by atoms with van der Waals surface area (Å²) in [5.74, 6) is 0. The third-order valence-electron chi connectivity index (χ3n) is 7.35. The Morgan fingerprint density at radius 1 is 0.567 bits per heavy atom. The average molecular weight is 402 g/mol. The summed E-state index contributed by atoms with van der Waals surface area (Å²) >= 11 is 1.96. The molecule has 2 aliphatic rings. The molecule has 6 aromatic rings. The van der Waals surface area contributed by atoms with Crippen LogP contribution >= 0.6 is 11.3 Å². The average Bonchev–Trinajstić information content (AvgIpc) is 3.25. The van der Waals surface area contributed by atoms with E-state index in [1.165, 1.54) is 84.5 Å². The summed E-state index contributed by atoms with van der Waals surface area (Å²) in [6, 6.07) is 25.4. The highest BCUT2D eigenvalue weighted by Crippen LogP contribution is 2.46. The zero-order chi connectivity index (χ0) is 19.4. The van der Waals surface area contributed by atoms with E-state index in [1.807, 2.05) is 11.3 Å². The van der Waals surface area contributed by atoms with Gasteiger partial charge in [0.2, 0.25) is 0 Å². The first-order valence-corrected chi connectivity index (χ1v) is 11.7. The van der Waals surface area contributed by atoms with E-state index in [-0.39, 0.29) is 0 Å². The molecule has 0 saturated heterocycles. The van der Waals surface area contributed by atoms with E-state index >= 15 is 0 Å². The molecule has 0 atom stereocenters. The van der Waals surface area contributed by atoms with Crippen LogP contribution in [-0.4, -0.2) is 4.57 Å². The minimum absolute atomic E-state index is 1.21. The van der Waals surface area contributed by atoms with Gasteiger partial charge in [0.05, 0.1) is 11.0 Å². The van der Waals surface area contributed by atoms with E-state index in [2.05, 4.69) is 71.3 Å². The quantitative estimate of drug-likeness (QED) is 0.271. The summed E-state index contributed by atoms with van der Waals surface area (Å²) in [6.07, 6.45) is 4.91. The van der Waals surface area contributed by atoms with Gasteiger partial charge in [-0.15, -0.1) is 11.3 Å². The van der Waals surface area contributed by atoms with Crippen molar-refractivity contribution in [3.63, 3.8) is 0 Å². The minimum Gasteiger partial charge on any atom is -0.309 e. The van der Waals surface area contributed by atoms with Gasteiger partial charge in [0, 0.05) is 36.6 Å². The molecule has 0 bridgehead atoms. The molecule has 142 valence electrons. The molecule has 2 heteroatoms. The smallest absolute Gasteiger partial charge is 0.0548 e. The second-order valence-corrected chi connectivity index (χ2v) is 9.94. The minimum atomic E-state index is 1.21. The monoisotopic (exact) mass is 401 g/mol. The number of benzene rings is 4. The second kappa shape index (κ2) is 5.33. The molecule has 0 saturated carbocycles. The van der Waals surface area contributed by atoms with Gasteiger partial charge in [-0.25, -0.2) is 0 Å². The van der Waals surface area contributed by atoms with Crippen molar-refractivity contribution in [3.05, 3.63) is 89.0 Å². The Morgan fingerprint density at radius 2 is 1.27 bits per heavy atom. The summed E-state index contributed by atoms with van der Waals surface area (Å²) < 4.78 is 5.34. The Morgan fingerprint density at radius 3 is 2.03 bits per heavy atom. The molecule has 0 radical (unpaired) electrons. The topological polar surface area (TPSA) is 4.93 Å². The first-order chi connectivity index (χ1) is 14.8. The van der Waals surface area contributed by atoms with E-state index < -0.39 is 0 Å². The van der Waals surface area contributed by atoms with Crippen LogP contribution in [0.5, 0.6) is 0 Å². The lowest BCUT2D eigenvalue weighted by Crippen LogP contribution is -2.07. The van der Waals surface area contributed by atoms with Gasteiger partial charge in [0.25, 0.3) is 0 Å². The van der Waals surface area contributed by atoms with E-state index in [0.29, 0.717) is 0 Å². The van der Waals surface area contributed by atoms with Crippen molar-refractivity contribution >= 4 is 53.3 Å². The number of fused-ring (bicyclic) bond motifs is 9. The van der Waals surface area contributed by atoms with Gasteiger partial charge in [-0.1, -0.05) is 18.2 Å². The Hall–Kier alpha value is -3.10. The Bertz CT molecular complexity index is 1680. The van der Waals surface area contributed by atoms with Crippen LogP contribution in [0.15, 0.2) is 66.7 Å². The molecule has 8 rings (SSSR count). The van der Waals surface area contributed by atoms with E-state index in [0.717, 1.165) is 0 Å². The Kier molecular flexibility index (Phi) is 2.79. The molecule has 0 amide bonds. The molecule has 2 heterocycles. The first kappa shape index (κ1) is 15.7. The maximum Gasteiger partial charge on any atom is 0.0548 e. The number of aryl methyl sites for hydroxylation is 4. The summed E-state index contributed by atoms with van der Waals surface area (Å²) in [5, 5.41) is 5.77. The van der Waals surface area contributed by atoms with E-state index in [4.69, 9.17) is 0 Å². The normalized spacial score (nSPS) is 14.8. The molecule has 1 nitrogen and oxygen atoms in total. The number of hydrogen-bond donors (Lipinski definition) is 0. The van der Waals surface area contributed by atoms with Gasteiger partial charge in [0.15, 0.2) is 0 Å². The van der Waals surface area contributed by atoms with Crippen molar-refractivity contribution in [1.29, 1.82) is 0 Å². The third kappa shape index (κ3) is 1.84.